The van der Waals surface area contributed by atoms with Crippen molar-refractivity contribution in [2.75, 3.05) is 6.54 Å². The lowest BCUT2D eigenvalue weighted by molar-refractivity contribution is -0.143. The number of aromatic nitrogens is 1. The minimum Gasteiger partial charge on any atom is -0.347 e. The Hall–Kier alpha value is -2.74. The molecule has 2 heterocycles. The van der Waals surface area contributed by atoms with Crippen LogP contribution in [0.3, 0.4) is 0 Å². The Labute approximate surface area is 212 Å². The maximum absolute atomic E-state index is 13.5. The number of rotatable bonds is 9. The second kappa shape index (κ2) is 11.3. The topological polar surface area (TPSA) is 91.4 Å². The van der Waals surface area contributed by atoms with Crippen LogP contribution in [0.1, 0.15) is 71.2 Å². The largest absolute Gasteiger partial charge is 0.347 e. The average molecular weight is 499 g/mol. The number of thiazole rings is 1. The highest BCUT2D eigenvalue weighted by molar-refractivity contribution is 7.13. The van der Waals surface area contributed by atoms with Gasteiger partial charge in [-0.15, -0.1) is 11.3 Å². The lowest BCUT2D eigenvalue weighted by Crippen LogP contribution is -2.56. The summed E-state index contributed by atoms with van der Waals surface area (Å²) in [6, 6.07) is 6.95. The molecule has 2 aromatic rings. The molecule has 1 aliphatic rings. The number of hydrogen-bond donors (Lipinski definition) is 2. The molecule has 1 aromatic heterocycles. The van der Waals surface area contributed by atoms with Crippen LogP contribution in [0.15, 0.2) is 29.8 Å². The number of likely N-dealkylation sites (tertiary alicyclic amines) is 1. The molecule has 35 heavy (non-hydrogen) atoms. The van der Waals surface area contributed by atoms with Gasteiger partial charge in [0.1, 0.15) is 12.1 Å². The third-order valence-electron chi connectivity index (χ3n) is 6.53. The molecule has 0 aliphatic carbocycles. The second-order valence-corrected chi connectivity index (χ2v) is 11.7. The van der Waals surface area contributed by atoms with Gasteiger partial charge in [-0.3, -0.25) is 14.4 Å². The van der Waals surface area contributed by atoms with Gasteiger partial charge in [0.05, 0.1) is 22.1 Å². The first-order chi connectivity index (χ1) is 16.5. The van der Waals surface area contributed by atoms with Crippen molar-refractivity contribution in [1.82, 2.24) is 20.5 Å². The molecule has 190 valence electrons. The van der Waals surface area contributed by atoms with E-state index in [1.165, 1.54) is 0 Å². The number of nitrogens with one attached hydrogen (secondary N) is 2. The maximum atomic E-state index is 13.5. The van der Waals surface area contributed by atoms with Crippen molar-refractivity contribution in [2.45, 2.75) is 78.9 Å². The molecule has 0 saturated carbocycles. The zero-order valence-corrected chi connectivity index (χ0v) is 22.4. The van der Waals surface area contributed by atoms with Crippen molar-refractivity contribution in [1.29, 1.82) is 0 Å². The predicted octanol–water partition coefficient (Wildman–Crippen LogP) is 4.47. The number of amides is 3. The molecule has 8 heteroatoms. The molecule has 3 amide bonds. The van der Waals surface area contributed by atoms with Crippen LogP contribution in [-0.4, -0.2) is 46.7 Å². The monoisotopic (exact) mass is 498 g/mol. The van der Waals surface area contributed by atoms with Gasteiger partial charge in [-0.05, 0) is 48.6 Å². The summed E-state index contributed by atoms with van der Waals surface area (Å²) in [5.74, 6) is 0.0432. The summed E-state index contributed by atoms with van der Waals surface area (Å²) in [6.07, 6.45) is 2.74. The highest BCUT2D eigenvalue weighted by Crippen LogP contribution is 2.30. The van der Waals surface area contributed by atoms with E-state index in [1.807, 2.05) is 33.2 Å². The van der Waals surface area contributed by atoms with E-state index in [1.54, 1.807) is 16.2 Å². The van der Waals surface area contributed by atoms with Gasteiger partial charge >= 0.3 is 0 Å². The normalized spacial score (nSPS) is 17.8. The van der Waals surface area contributed by atoms with Gasteiger partial charge in [0.15, 0.2) is 0 Å². The fraction of sp³-hybridized carbons (Fsp3) is 0.556. The summed E-state index contributed by atoms with van der Waals surface area (Å²) in [5, 5.41) is 5.90. The summed E-state index contributed by atoms with van der Waals surface area (Å²) >= 11 is 1.62. The van der Waals surface area contributed by atoms with E-state index >= 15 is 0 Å². The number of hydrogen-bond acceptors (Lipinski definition) is 5. The van der Waals surface area contributed by atoms with Crippen molar-refractivity contribution >= 4 is 29.6 Å². The van der Waals surface area contributed by atoms with Gasteiger partial charge in [-0.1, -0.05) is 58.9 Å². The van der Waals surface area contributed by atoms with Crippen LogP contribution in [0, 0.1) is 18.3 Å². The molecular weight excluding hydrogens is 460 g/mol. The number of carbonyl (C=O) groups is 3. The van der Waals surface area contributed by atoms with E-state index < -0.39 is 17.5 Å². The van der Waals surface area contributed by atoms with Crippen LogP contribution < -0.4 is 10.6 Å². The first kappa shape index (κ1) is 26.9. The lowest BCUT2D eigenvalue weighted by Gasteiger charge is -2.35. The average Bonchev–Trinajstić information content (AvgIpc) is 3.45. The molecule has 1 aromatic carbocycles. The predicted molar refractivity (Wildman–Crippen MR) is 140 cm³/mol. The second-order valence-electron chi connectivity index (χ2n) is 10.9. The molecule has 0 radical (unpaired) electrons. The Morgan fingerprint density at radius 2 is 1.91 bits per heavy atom. The quantitative estimate of drug-likeness (QED) is 0.499. The Morgan fingerprint density at radius 3 is 2.46 bits per heavy atom. The molecule has 1 saturated heterocycles. The molecule has 3 atom stereocenters. The number of benzene rings is 1. The summed E-state index contributed by atoms with van der Waals surface area (Å²) < 4.78 is 0. The van der Waals surface area contributed by atoms with Crippen molar-refractivity contribution in [3.05, 3.63) is 41.0 Å². The van der Waals surface area contributed by atoms with E-state index in [4.69, 9.17) is 0 Å². The molecular formula is C27H38N4O3S. The summed E-state index contributed by atoms with van der Waals surface area (Å²) in [6.45, 7) is 12.5. The lowest BCUT2D eigenvalue weighted by atomic mass is 9.85. The van der Waals surface area contributed by atoms with Crippen molar-refractivity contribution < 1.29 is 14.4 Å². The van der Waals surface area contributed by atoms with E-state index in [0.717, 1.165) is 34.5 Å². The third-order valence-corrected chi connectivity index (χ3v) is 7.51. The summed E-state index contributed by atoms with van der Waals surface area (Å²) in [5.41, 5.74) is 4.57. The number of carbonyl (C=O) groups excluding carboxylic acids is 3. The highest BCUT2D eigenvalue weighted by atomic mass is 32.1. The first-order valence-electron chi connectivity index (χ1n) is 12.3. The molecule has 3 rings (SSSR count). The Balaban J connectivity index is 1.78. The Kier molecular flexibility index (Phi) is 8.70. The van der Waals surface area contributed by atoms with Crippen LogP contribution in [0.5, 0.6) is 0 Å². The SMILES string of the molecule is Cc1ncsc1-c1ccc(C(CC(C)C)NC(=O)C2CCCN2C(=O)C(NC=O)C(C)(C)C)cc1. The molecule has 7 nitrogen and oxygen atoms in total. The van der Waals surface area contributed by atoms with Gasteiger partial charge in [-0.2, -0.15) is 0 Å². The van der Waals surface area contributed by atoms with Gasteiger partial charge in [0.25, 0.3) is 0 Å². The molecule has 1 fully saturated rings. The third kappa shape index (κ3) is 6.48. The van der Waals surface area contributed by atoms with Crippen LogP contribution >= 0.6 is 11.3 Å². The number of aryl methyl sites for hydroxylation is 1. The van der Waals surface area contributed by atoms with Crippen LogP contribution in [0.25, 0.3) is 10.4 Å². The summed E-state index contributed by atoms with van der Waals surface area (Å²) in [4.78, 5) is 45.1. The zero-order chi connectivity index (χ0) is 25.8. The standard InChI is InChI=1S/C27H38N4O3S/c1-17(2)14-21(19-9-11-20(12-10-19)23-18(3)29-16-35-23)30-25(33)22-8-7-13-31(22)26(34)24(28-15-32)27(4,5)6/h9-12,15-17,21-22,24H,7-8,13-14H2,1-6H3,(H,28,32)(H,30,33). The molecule has 3 unspecified atom stereocenters. The van der Waals surface area contributed by atoms with E-state index in [-0.39, 0.29) is 17.9 Å². The maximum Gasteiger partial charge on any atom is 0.246 e. The smallest absolute Gasteiger partial charge is 0.246 e. The van der Waals surface area contributed by atoms with Crippen LogP contribution in [0.4, 0.5) is 0 Å². The van der Waals surface area contributed by atoms with Gasteiger partial charge < -0.3 is 15.5 Å². The molecule has 1 aliphatic heterocycles. The molecule has 0 spiro atoms. The van der Waals surface area contributed by atoms with Crippen LogP contribution in [-0.2, 0) is 14.4 Å². The van der Waals surface area contributed by atoms with Crippen LogP contribution in [0.2, 0.25) is 0 Å². The Morgan fingerprint density at radius 1 is 1.23 bits per heavy atom. The Bertz CT molecular complexity index is 1030. The van der Waals surface area contributed by atoms with Crippen molar-refractivity contribution in [3.63, 3.8) is 0 Å². The highest BCUT2D eigenvalue weighted by Gasteiger charge is 2.41. The van der Waals surface area contributed by atoms with E-state index in [0.29, 0.717) is 25.3 Å². The summed E-state index contributed by atoms with van der Waals surface area (Å²) in [7, 11) is 0. The first-order valence-corrected chi connectivity index (χ1v) is 13.2. The van der Waals surface area contributed by atoms with Gasteiger partial charge in [0.2, 0.25) is 18.2 Å². The zero-order valence-electron chi connectivity index (χ0n) is 21.6. The number of nitrogens with zero attached hydrogens (tertiary/aromatic N) is 2. The van der Waals surface area contributed by atoms with Crippen molar-refractivity contribution in [3.8, 4) is 10.4 Å². The van der Waals surface area contributed by atoms with Crippen molar-refractivity contribution in [2.24, 2.45) is 11.3 Å². The minimum atomic E-state index is -0.678. The van der Waals surface area contributed by atoms with Gasteiger partial charge in [0, 0.05) is 6.54 Å². The van der Waals surface area contributed by atoms with E-state index in [2.05, 4.69) is 53.7 Å². The van der Waals surface area contributed by atoms with E-state index in [9.17, 15) is 14.4 Å². The molecule has 0 bridgehead atoms. The minimum absolute atomic E-state index is 0.136. The fourth-order valence-electron chi connectivity index (χ4n) is 4.69. The van der Waals surface area contributed by atoms with Gasteiger partial charge in [-0.25, -0.2) is 4.98 Å². The molecule has 2 N–H and O–H groups in total. The fourth-order valence-corrected chi connectivity index (χ4v) is 5.50.